The van der Waals surface area contributed by atoms with Crippen molar-refractivity contribution in [2.75, 3.05) is 39.6 Å². The largest absolute Gasteiger partial charge is 0.472 e. The molecule has 0 aliphatic carbocycles. The van der Waals surface area contributed by atoms with E-state index >= 15 is 0 Å². The number of carbonyl (C=O) groups is 4. The number of hydrogen-bond donors (Lipinski definition) is 3. The monoisotopic (exact) mass is 1280 g/mol. The predicted octanol–water partition coefficient (Wildman–Crippen LogP) is 18.6. The molecular formula is C68H128O17P2. The Morgan fingerprint density at radius 3 is 1.02 bits per heavy atom. The van der Waals surface area contributed by atoms with Crippen molar-refractivity contribution in [2.45, 2.75) is 330 Å². The summed E-state index contributed by atoms with van der Waals surface area (Å²) in [5, 5.41) is 10.6. The van der Waals surface area contributed by atoms with Gasteiger partial charge in [0, 0.05) is 25.7 Å². The van der Waals surface area contributed by atoms with Gasteiger partial charge in [-0.1, -0.05) is 259 Å². The molecule has 0 bridgehead atoms. The standard InChI is InChI=1S/C68H128O17P2/c1-8-11-12-13-14-15-16-17-18-19-20-23-26-35-42-49-65(70)78-55-63(84-67(72)51-44-37-27-24-21-22-25-32-39-46-59(4)5)57-82-86(74,75)80-53-62(69)54-81-87(76,77)83-58-64(85-68(73)52-45-38-31-29-34-41-48-61(7)10-3)56-79-66(71)50-43-36-30-28-33-40-47-60(6)9-2/h15-18,59-64,69H,8-14,19-58H2,1-7H3,(H,74,75)(H,76,77)/b16-15-,18-17-/t60?,61?,62-,63-,64-/m1/s1. The van der Waals surface area contributed by atoms with Gasteiger partial charge in [0.25, 0.3) is 0 Å². The molecule has 0 saturated heterocycles. The highest BCUT2D eigenvalue weighted by atomic mass is 31.2. The molecule has 3 N–H and O–H groups in total. The summed E-state index contributed by atoms with van der Waals surface area (Å²) in [6.07, 6.45) is 44.0. The molecule has 0 rings (SSSR count). The lowest BCUT2D eigenvalue weighted by molar-refractivity contribution is -0.161. The van der Waals surface area contributed by atoms with E-state index in [4.69, 9.17) is 37.0 Å². The topological polar surface area (TPSA) is 237 Å². The summed E-state index contributed by atoms with van der Waals surface area (Å²) < 4.78 is 68.1. The fourth-order valence-electron chi connectivity index (χ4n) is 9.58. The molecule has 0 aromatic rings. The van der Waals surface area contributed by atoms with Crippen molar-refractivity contribution in [3.63, 3.8) is 0 Å². The molecular weight excluding hydrogens is 1150 g/mol. The van der Waals surface area contributed by atoms with Gasteiger partial charge in [0.05, 0.1) is 26.4 Å². The number of ether oxygens (including phenoxy) is 4. The summed E-state index contributed by atoms with van der Waals surface area (Å²) in [5.41, 5.74) is 0. The van der Waals surface area contributed by atoms with Gasteiger partial charge >= 0.3 is 39.5 Å². The number of aliphatic hydroxyl groups excluding tert-OH is 1. The second kappa shape index (κ2) is 58.6. The van der Waals surface area contributed by atoms with Crippen LogP contribution in [0.3, 0.4) is 0 Å². The summed E-state index contributed by atoms with van der Waals surface area (Å²) in [5.74, 6) is 0.0163. The predicted molar refractivity (Wildman–Crippen MR) is 349 cm³/mol. The van der Waals surface area contributed by atoms with Gasteiger partial charge in [-0.3, -0.25) is 37.3 Å². The minimum atomic E-state index is -4.96. The van der Waals surface area contributed by atoms with E-state index in [2.05, 4.69) is 72.8 Å². The van der Waals surface area contributed by atoms with Crippen LogP contribution in [-0.4, -0.2) is 96.7 Å². The number of carbonyl (C=O) groups excluding carboxylic acids is 4. The van der Waals surface area contributed by atoms with Crippen LogP contribution >= 0.6 is 15.6 Å². The molecule has 0 spiro atoms. The van der Waals surface area contributed by atoms with Crippen LogP contribution in [0.15, 0.2) is 24.3 Å². The first kappa shape index (κ1) is 84.5. The van der Waals surface area contributed by atoms with E-state index in [1.165, 1.54) is 96.3 Å². The molecule has 0 aliphatic rings. The second-order valence-corrected chi connectivity index (χ2v) is 27.7. The Hall–Kier alpha value is -2.46. The Morgan fingerprint density at radius 1 is 0.379 bits per heavy atom. The number of hydrogen-bond acceptors (Lipinski definition) is 15. The zero-order chi connectivity index (χ0) is 64.5. The van der Waals surface area contributed by atoms with Crippen molar-refractivity contribution in [1.82, 2.24) is 0 Å². The Kier molecular flexibility index (Phi) is 57.0. The molecule has 0 amide bonds. The van der Waals surface area contributed by atoms with Crippen LogP contribution in [0.25, 0.3) is 0 Å². The first-order valence-electron chi connectivity index (χ1n) is 34.7. The van der Waals surface area contributed by atoms with Gasteiger partial charge in [0.1, 0.15) is 19.3 Å². The van der Waals surface area contributed by atoms with Gasteiger partial charge in [-0.2, -0.15) is 0 Å². The van der Waals surface area contributed by atoms with Crippen molar-refractivity contribution in [1.29, 1.82) is 0 Å². The highest BCUT2D eigenvalue weighted by Gasteiger charge is 2.30. The van der Waals surface area contributed by atoms with Gasteiger partial charge in [-0.15, -0.1) is 0 Å². The van der Waals surface area contributed by atoms with Crippen LogP contribution in [0, 0.1) is 17.8 Å². The molecule has 87 heavy (non-hydrogen) atoms. The van der Waals surface area contributed by atoms with Crippen LogP contribution in [-0.2, 0) is 65.4 Å². The van der Waals surface area contributed by atoms with Crippen LogP contribution in [0.2, 0.25) is 0 Å². The van der Waals surface area contributed by atoms with Crippen molar-refractivity contribution in [2.24, 2.45) is 17.8 Å². The second-order valence-electron chi connectivity index (χ2n) is 24.8. The van der Waals surface area contributed by atoms with E-state index in [0.717, 1.165) is 133 Å². The van der Waals surface area contributed by atoms with Crippen LogP contribution in [0.5, 0.6) is 0 Å². The van der Waals surface area contributed by atoms with Crippen molar-refractivity contribution in [3.05, 3.63) is 24.3 Å². The van der Waals surface area contributed by atoms with E-state index in [0.29, 0.717) is 25.7 Å². The summed E-state index contributed by atoms with van der Waals surface area (Å²) in [6.45, 7) is 11.6. The molecule has 17 nitrogen and oxygen atoms in total. The minimum absolute atomic E-state index is 0.0977. The van der Waals surface area contributed by atoms with Gasteiger partial charge in [-0.25, -0.2) is 9.13 Å². The van der Waals surface area contributed by atoms with Crippen molar-refractivity contribution >= 4 is 39.5 Å². The number of phosphoric ester groups is 2. The highest BCUT2D eigenvalue weighted by molar-refractivity contribution is 7.47. The van der Waals surface area contributed by atoms with E-state index < -0.39 is 97.5 Å². The molecule has 0 aliphatic heterocycles. The molecule has 0 aromatic carbocycles. The number of allylic oxidation sites excluding steroid dienone is 4. The van der Waals surface area contributed by atoms with Gasteiger partial charge in [-0.05, 0) is 69.1 Å². The van der Waals surface area contributed by atoms with Crippen LogP contribution < -0.4 is 0 Å². The number of esters is 4. The highest BCUT2D eigenvalue weighted by Crippen LogP contribution is 2.45. The summed E-state index contributed by atoms with van der Waals surface area (Å²) in [7, 11) is -9.91. The lowest BCUT2D eigenvalue weighted by Crippen LogP contribution is -2.30. The zero-order valence-corrected chi connectivity index (χ0v) is 57.7. The Balaban J connectivity index is 5.29. The number of rotatable bonds is 64. The fraction of sp³-hybridized carbons (Fsp3) is 0.882. The maximum Gasteiger partial charge on any atom is 0.472 e. The molecule has 4 unspecified atom stereocenters. The molecule has 0 aromatic heterocycles. The Bertz CT molecular complexity index is 1810. The molecule has 19 heteroatoms. The van der Waals surface area contributed by atoms with Crippen molar-refractivity contribution < 1.29 is 80.2 Å². The van der Waals surface area contributed by atoms with E-state index in [9.17, 15) is 43.2 Å². The molecule has 7 atom stereocenters. The van der Waals surface area contributed by atoms with E-state index in [1.54, 1.807) is 0 Å². The third-order valence-corrected chi connectivity index (χ3v) is 17.6. The van der Waals surface area contributed by atoms with E-state index in [-0.39, 0.29) is 25.7 Å². The molecule has 0 fully saturated rings. The molecule has 512 valence electrons. The molecule has 0 heterocycles. The van der Waals surface area contributed by atoms with Gasteiger partial charge in [0.2, 0.25) is 0 Å². The molecule has 0 radical (unpaired) electrons. The average molecular weight is 1280 g/mol. The molecule has 0 saturated carbocycles. The first-order valence-corrected chi connectivity index (χ1v) is 37.7. The first-order chi connectivity index (χ1) is 41.8. The maximum absolute atomic E-state index is 13.0. The Morgan fingerprint density at radius 2 is 0.678 bits per heavy atom. The van der Waals surface area contributed by atoms with Crippen LogP contribution in [0.4, 0.5) is 0 Å². The smallest absolute Gasteiger partial charge is 0.462 e. The SMILES string of the molecule is CCCCCC/C=C\C=C/CCCCCCCC(=O)OC[C@H](COP(=O)(O)OC[C@@H](O)COP(=O)(O)OC[C@@H](COC(=O)CCCCCCCCC(C)CC)OC(=O)CCCCCCCCC(C)CC)OC(=O)CCCCCCCCCCCC(C)C. The zero-order valence-electron chi connectivity index (χ0n) is 56.0. The lowest BCUT2D eigenvalue weighted by atomic mass is 10.00. The summed E-state index contributed by atoms with van der Waals surface area (Å²) in [6, 6.07) is 0. The third-order valence-electron chi connectivity index (χ3n) is 15.7. The minimum Gasteiger partial charge on any atom is -0.462 e. The average Bonchev–Trinajstić information content (AvgIpc) is 3.62. The normalized spacial score (nSPS) is 15.1. The lowest BCUT2D eigenvalue weighted by Gasteiger charge is -2.21. The summed E-state index contributed by atoms with van der Waals surface area (Å²) in [4.78, 5) is 72.4. The van der Waals surface area contributed by atoms with E-state index in [1.807, 2.05) is 0 Å². The number of phosphoric acid groups is 2. The fourth-order valence-corrected chi connectivity index (χ4v) is 11.2. The third kappa shape index (κ3) is 59.6. The van der Waals surface area contributed by atoms with Crippen LogP contribution in [0.1, 0.15) is 312 Å². The number of aliphatic hydroxyl groups is 1. The van der Waals surface area contributed by atoms with Gasteiger partial charge < -0.3 is 33.8 Å². The Labute approximate surface area is 529 Å². The van der Waals surface area contributed by atoms with Crippen molar-refractivity contribution in [3.8, 4) is 0 Å². The van der Waals surface area contributed by atoms with Gasteiger partial charge in [0.15, 0.2) is 12.2 Å². The maximum atomic E-state index is 13.0. The number of unbranched alkanes of at least 4 members (excludes halogenated alkanes) is 27. The quantitative estimate of drug-likeness (QED) is 0.0169. The summed E-state index contributed by atoms with van der Waals surface area (Å²) >= 11 is 0.